The van der Waals surface area contributed by atoms with Crippen molar-refractivity contribution in [2.45, 2.75) is 25.7 Å². The van der Waals surface area contributed by atoms with Crippen LogP contribution in [0.15, 0.2) is 59.6 Å². The minimum absolute atomic E-state index is 0.0580. The molecule has 1 aliphatic carbocycles. The summed E-state index contributed by atoms with van der Waals surface area (Å²) in [7, 11) is 0. The van der Waals surface area contributed by atoms with Gasteiger partial charge in [-0.15, -0.1) is 0 Å². The van der Waals surface area contributed by atoms with Crippen molar-refractivity contribution in [3.63, 3.8) is 0 Å². The van der Waals surface area contributed by atoms with Gasteiger partial charge in [-0.2, -0.15) is 4.98 Å². The van der Waals surface area contributed by atoms with Gasteiger partial charge < -0.3 is 14.3 Å². The van der Waals surface area contributed by atoms with Gasteiger partial charge in [0, 0.05) is 50.2 Å². The van der Waals surface area contributed by atoms with Gasteiger partial charge in [-0.1, -0.05) is 22.9 Å². The summed E-state index contributed by atoms with van der Waals surface area (Å²) in [5.74, 6) is 2.31. The lowest BCUT2D eigenvalue weighted by Crippen LogP contribution is -2.48. The Bertz CT molecular complexity index is 1300. The first-order chi connectivity index (χ1) is 16.6. The highest BCUT2D eigenvalue weighted by molar-refractivity contribution is 5.92. The quantitative estimate of drug-likeness (QED) is 0.455. The van der Waals surface area contributed by atoms with Crippen molar-refractivity contribution < 1.29 is 9.32 Å². The van der Waals surface area contributed by atoms with Gasteiger partial charge in [-0.25, -0.2) is 9.97 Å². The highest BCUT2D eigenvalue weighted by Gasteiger charge is 2.29. The van der Waals surface area contributed by atoms with Crippen molar-refractivity contribution in [1.82, 2.24) is 29.6 Å². The van der Waals surface area contributed by atoms with Crippen LogP contribution in [0.3, 0.4) is 0 Å². The van der Waals surface area contributed by atoms with Crippen molar-refractivity contribution in [2.75, 3.05) is 31.1 Å². The molecular weight excluding hydrogens is 430 g/mol. The molecule has 0 atom stereocenters. The van der Waals surface area contributed by atoms with Crippen LogP contribution in [0.1, 0.15) is 40.6 Å². The second kappa shape index (κ2) is 8.40. The molecular formula is C25H25N7O2. The molecule has 2 fully saturated rings. The van der Waals surface area contributed by atoms with Gasteiger partial charge >= 0.3 is 0 Å². The number of nitrogens with zero attached hydrogens (tertiary/aromatic N) is 7. The number of carbonyl (C=O) groups is 1. The number of carbonyl (C=O) groups excluding carboxylic acids is 1. The fraction of sp³-hybridized carbons (Fsp3) is 0.320. The van der Waals surface area contributed by atoms with E-state index in [2.05, 4.69) is 56.2 Å². The van der Waals surface area contributed by atoms with Gasteiger partial charge in [0.05, 0.1) is 5.56 Å². The van der Waals surface area contributed by atoms with Gasteiger partial charge in [0.15, 0.2) is 5.82 Å². The lowest BCUT2D eigenvalue weighted by Gasteiger charge is -2.35. The number of benzene rings is 1. The molecule has 1 saturated heterocycles. The van der Waals surface area contributed by atoms with Gasteiger partial charge in [-0.3, -0.25) is 9.36 Å². The second-order valence-corrected chi connectivity index (χ2v) is 8.92. The minimum atomic E-state index is -0.0580. The van der Waals surface area contributed by atoms with Crippen molar-refractivity contribution in [1.29, 1.82) is 0 Å². The van der Waals surface area contributed by atoms with Gasteiger partial charge in [0.2, 0.25) is 0 Å². The zero-order chi connectivity index (χ0) is 23.1. The van der Waals surface area contributed by atoms with E-state index in [0.717, 1.165) is 37.3 Å². The molecule has 1 aliphatic heterocycles. The number of piperazine rings is 1. The Kier molecular flexibility index (Phi) is 5.09. The Labute approximate surface area is 197 Å². The average Bonchev–Trinajstić information content (AvgIpc) is 3.40. The maximum Gasteiger partial charge on any atom is 0.274 e. The molecule has 0 radical (unpaired) electrons. The highest BCUT2D eigenvalue weighted by atomic mass is 16.5. The van der Waals surface area contributed by atoms with E-state index in [0.29, 0.717) is 36.4 Å². The second-order valence-electron chi connectivity index (χ2n) is 8.92. The van der Waals surface area contributed by atoms with Crippen LogP contribution < -0.4 is 4.90 Å². The highest BCUT2D eigenvalue weighted by Crippen LogP contribution is 2.38. The van der Waals surface area contributed by atoms with E-state index in [-0.39, 0.29) is 5.91 Å². The molecule has 1 amide bonds. The van der Waals surface area contributed by atoms with Crippen molar-refractivity contribution in [3.8, 4) is 17.3 Å². The monoisotopic (exact) mass is 455 g/mol. The molecule has 0 N–H and O–H groups in total. The number of aromatic nitrogens is 5. The van der Waals surface area contributed by atoms with E-state index < -0.39 is 0 Å². The summed E-state index contributed by atoms with van der Waals surface area (Å²) in [5, 5.41) is 4.05. The maximum atomic E-state index is 13.0. The van der Waals surface area contributed by atoms with Gasteiger partial charge in [0.25, 0.3) is 11.8 Å². The summed E-state index contributed by atoms with van der Waals surface area (Å²) in [5.41, 5.74) is 3.63. The Morgan fingerprint density at radius 3 is 2.50 bits per heavy atom. The molecule has 0 unspecified atom stereocenters. The lowest BCUT2D eigenvalue weighted by atomic mass is 10.2. The van der Waals surface area contributed by atoms with Crippen LogP contribution in [-0.4, -0.2) is 61.7 Å². The molecule has 1 aromatic carbocycles. The largest absolute Gasteiger partial charge is 0.368 e. The van der Waals surface area contributed by atoms with Crippen molar-refractivity contribution in [2.24, 2.45) is 0 Å². The number of hydrogen-bond acceptors (Lipinski definition) is 7. The Morgan fingerprint density at radius 1 is 1.00 bits per heavy atom. The van der Waals surface area contributed by atoms with Crippen LogP contribution >= 0.6 is 0 Å². The van der Waals surface area contributed by atoms with Crippen LogP contribution in [0.25, 0.3) is 17.3 Å². The van der Waals surface area contributed by atoms with E-state index in [9.17, 15) is 4.79 Å². The SMILES string of the molecule is Cc1ccc(N2CCN(C(=O)c3cn(-c4ccc(-c5nc(C6CC6)no5)cn4)cn3)CC2)cc1. The fourth-order valence-electron chi connectivity index (χ4n) is 4.17. The topological polar surface area (TPSA) is 93.2 Å². The Balaban J connectivity index is 1.10. The molecule has 172 valence electrons. The molecule has 0 bridgehead atoms. The smallest absolute Gasteiger partial charge is 0.274 e. The molecule has 4 aromatic rings. The van der Waals surface area contributed by atoms with E-state index in [1.807, 2.05) is 17.0 Å². The summed E-state index contributed by atoms with van der Waals surface area (Å²) < 4.78 is 7.12. The maximum absolute atomic E-state index is 13.0. The molecule has 1 saturated carbocycles. The number of amides is 1. The third kappa shape index (κ3) is 4.05. The molecule has 6 rings (SSSR count). The van der Waals surface area contributed by atoms with E-state index in [1.54, 1.807) is 23.3 Å². The summed E-state index contributed by atoms with van der Waals surface area (Å²) in [4.78, 5) is 30.5. The average molecular weight is 456 g/mol. The van der Waals surface area contributed by atoms with Crippen LogP contribution in [0.4, 0.5) is 5.69 Å². The Morgan fingerprint density at radius 2 is 1.79 bits per heavy atom. The predicted octanol–water partition coefficient (Wildman–Crippen LogP) is 3.47. The van der Waals surface area contributed by atoms with Gasteiger partial charge in [-0.05, 0) is 44.0 Å². The van der Waals surface area contributed by atoms with Crippen LogP contribution in [0.5, 0.6) is 0 Å². The molecule has 4 heterocycles. The van der Waals surface area contributed by atoms with Crippen molar-refractivity contribution >= 4 is 11.6 Å². The molecule has 0 spiro atoms. The minimum Gasteiger partial charge on any atom is -0.368 e. The van der Waals surface area contributed by atoms with Crippen LogP contribution in [0, 0.1) is 6.92 Å². The van der Waals surface area contributed by atoms with E-state index in [4.69, 9.17) is 4.52 Å². The van der Waals surface area contributed by atoms with Crippen molar-refractivity contribution in [3.05, 3.63) is 72.2 Å². The first kappa shape index (κ1) is 20.6. The molecule has 34 heavy (non-hydrogen) atoms. The molecule has 3 aromatic heterocycles. The number of hydrogen-bond donors (Lipinski definition) is 0. The third-order valence-electron chi connectivity index (χ3n) is 6.41. The van der Waals surface area contributed by atoms with Crippen LogP contribution in [0.2, 0.25) is 0 Å². The lowest BCUT2D eigenvalue weighted by molar-refractivity contribution is 0.0741. The number of imidazole rings is 1. The fourth-order valence-corrected chi connectivity index (χ4v) is 4.17. The first-order valence-electron chi connectivity index (χ1n) is 11.6. The summed E-state index contributed by atoms with van der Waals surface area (Å²) >= 11 is 0. The standard InChI is InChI=1S/C25H25N7O2/c1-17-2-7-20(8-3-17)30-10-12-31(13-11-30)25(33)21-15-32(16-27-21)22-9-6-19(14-26-22)24-28-23(29-34-24)18-4-5-18/h2-3,6-9,14-16,18H,4-5,10-13H2,1H3. The number of pyridine rings is 1. The first-order valence-corrected chi connectivity index (χ1v) is 11.6. The molecule has 9 heteroatoms. The van der Waals surface area contributed by atoms with Crippen LogP contribution in [-0.2, 0) is 0 Å². The summed E-state index contributed by atoms with van der Waals surface area (Å²) in [6.07, 6.45) is 7.30. The third-order valence-corrected chi connectivity index (χ3v) is 6.41. The zero-order valence-corrected chi connectivity index (χ0v) is 19.0. The molecule has 2 aliphatic rings. The number of aryl methyl sites for hydroxylation is 1. The zero-order valence-electron chi connectivity index (χ0n) is 19.0. The number of rotatable bonds is 5. The summed E-state index contributed by atoms with van der Waals surface area (Å²) in [6.45, 7) is 5.02. The summed E-state index contributed by atoms with van der Waals surface area (Å²) in [6, 6.07) is 12.3. The predicted molar refractivity (Wildman–Crippen MR) is 126 cm³/mol. The molecule has 9 nitrogen and oxygen atoms in total. The van der Waals surface area contributed by atoms with E-state index in [1.165, 1.54) is 11.3 Å². The number of anilines is 1. The Hall–Kier alpha value is -4.01. The van der Waals surface area contributed by atoms with E-state index >= 15 is 0 Å². The normalized spacial score (nSPS) is 16.1. The van der Waals surface area contributed by atoms with Gasteiger partial charge in [0.1, 0.15) is 17.8 Å².